The van der Waals surface area contributed by atoms with Gasteiger partial charge in [0, 0.05) is 30.3 Å². The van der Waals surface area contributed by atoms with Crippen LogP contribution >= 0.6 is 0 Å². The molecule has 2 aliphatic heterocycles. The van der Waals surface area contributed by atoms with Gasteiger partial charge >= 0.3 is 0 Å². The van der Waals surface area contributed by atoms with Gasteiger partial charge in [0.1, 0.15) is 12.4 Å². The van der Waals surface area contributed by atoms with Crippen molar-refractivity contribution in [2.45, 2.75) is 30.7 Å². The first-order chi connectivity index (χ1) is 9.50. The van der Waals surface area contributed by atoms with Crippen molar-refractivity contribution in [3.05, 3.63) is 35.9 Å². The van der Waals surface area contributed by atoms with E-state index in [0.29, 0.717) is 30.6 Å². The largest absolute Gasteiger partial charge is 0.399 e. The Balaban J connectivity index is 2.00. The predicted octanol–water partition coefficient (Wildman–Crippen LogP) is 0.465. The van der Waals surface area contributed by atoms with Crippen molar-refractivity contribution in [1.82, 2.24) is 4.90 Å². The van der Waals surface area contributed by atoms with Gasteiger partial charge in [-0.15, -0.1) is 0 Å². The molecule has 3 unspecified atom stereocenters. The maximum absolute atomic E-state index is 10.8. The molecule has 0 amide bonds. The van der Waals surface area contributed by atoms with Gasteiger partial charge in [-0.05, 0) is 29.7 Å². The van der Waals surface area contributed by atoms with Crippen LogP contribution in [0.25, 0.3) is 5.57 Å². The Kier molecular flexibility index (Phi) is 2.93. The molecule has 0 aliphatic carbocycles. The molecule has 0 saturated carbocycles. The molecule has 5 nitrogen and oxygen atoms in total. The van der Waals surface area contributed by atoms with E-state index in [4.69, 9.17) is 5.73 Å². The number of fused-ring (bicyclic) bond motifs is 3. The molecule has 4 N–H and O–H groups in total. The second-order valence-electron chi connectivity index (χ2n) is 5.52. The molecule has 1 aromatic rings. The van der Waals surface area contributed by atoms with Crippen LogP contribution in [0.2, 0.25) is 0 Å². The topological polar surface area (TPSA) is 86.8 Å². The Morgan fingerprint density at radius 1 is 1.55 bits per heavy atom. The van der Waals surface area contributed by atoms with Gasteiger partial charge < -0.3 is 20.7 Å². The van der Waals surface area contributed by atoms with Crippen molar-refractivity contribution in [2.75, 3.05) is 12.3 Å². The maximum Gasteiger partial charge on any atom is 0.173 e. The Hall–Kier alpha value is -1.69. The van der Waals surface area contributed by atoms with Gasteiger partial charge in [0.05, 0.1) is 0 Å². The van der Waals surface area contributed by atoms with Crippen molar-refractivity contribution < 1.29 is 15.0 Å². The summed E-state index contributed by atoms with van der Waals surface area (Å²) in [6.07, 6.45) is 0.829. The lowest BCUT2D eigenvalue weighted by atomic mass is 9.72. The van der Waals surface area contributed by atoms with Gasteiger partial charge in [0.15, 0.2) is 5.72 Å². The Bertz CT molecular complexity index is 586. The number of carbonyl (C=O) groups is 1. The molecular formula is C15H18N2O3. The van der Waals surface area contributed by atoms with Crippen LogP contribution in [0.4, 0.5) is 5.69 Å². The molecular weight excluding hydrogens is 256 g/mol. The number of aliphatic hydroxyl groups excluding tert-OH is 1. The summed E-state index contributed by atoms with van der Waals surface area (Å²) in [5, 5.41) is 21.2. The van der Waals surface area contributed by atoms with Crippen LogP contribution in [-0.2, 0) is 10.5 Å². The van der Waals surface area contributed by atoms with Crippen molar-refractivity contribution >= 4 is 17.5 Å². The lowest BCUT2D eigenvalue weighted by Gasteiger charge is -2.61. The third-order valence-corrected chi connectivity index (χ3v) is 4.38. The predicted molar refractivity (Wildman–Crippen MR) is 75.6 cm³/mol. The normalized spacial score (nSPS) is 32.2. The number of hydrogen-bond acceptors (Lipinski definition) is 5. The van der Waals surface area contributed by atoms with E-state index in [2.05, 4.69) is 6.58 Å². The lowest BCUT2D eigenvalue weighted by molar-refractivity contribution is -0.301. The highest BCUT2D eigenvalue weighted by Gasteiger charge is 2.62. The number of hydrogen-bond donors (Lipinski definition) is 3. The second-order valence-corrected chi connectivity index (χ2v) is 5.52. The summed E-state index contributed by atoms with van der Waals surface area (Å²) in [6.45, 7) is 4.49. The van der Waals surface area contributed by atoms with E-state index < -0.39 is 11.8 Å². The molecule has 1 aromatic carbocycles. The van der Waals surface area contributed by atoms with E-state index in [-0.39, 0.29) is 6.04 Å². The van der Waals surface area contributed by atoms with E-state index in [0.717, 1.165) is 17.4 Å². The molecule has 1 saturated heterocycles. The zero-order valence-electron chi connectivity index (χ0n) is 11.1. The van der Waals surface area contributed by atoms with Crippen molar-refractivity contribution in [3.63, 3.8) is 0 Å². The second kappa shape index (κ2) is 4.41. The fourth-order valence-electron chi connectivity index (χ4n) is 3.35. The van der Waals surface area contributed by atoms with E-state index in [9.17, 15) is 15.0 Å². The van der Waals surface area contributed by atoms with E-state index >= 15 is 0 Å². The fraction of sp³-hybridized carbons (Fsp3) is 0.400. The molecule has 0 aromatic heterocycles. The summed E-state index contributed by atoms with van der Waals surface area (Å²) >= 11 is 0. The highest BCUT2D eigenvalue weighted by atomic mass is 16.4. The van der Waals surface area contributed by atoms with Crippen LogP contribution in [0.1, 0.15) is 24.0 Å². The summed E-state index contributed by atoms with van der Waals surface area (Å²) in [5.74, 6) is 0. The highest BCUT2D eigenvalue weighted by Crippen LogP contribution is 2.50. The minimum atomic E-state index is -1.39. The summed E-state index contributed by atoms with van der Waals surface area (Å²) < 4.78 is 0. The molecule has 3 rings (SSSR count). The third kappa shape index (κ3) is 1.57. The van der Waals surface area contributed by atoms with Crippen LogP contribution in [0.3, 0.4) is 0 Å². The SMILES string of the molecule is C=C1CN2C(CCC=O)C(O)C2(O)c2ccc(N)cc21. The zero-order chi connectivity index (χ0) is 14.5. The first kappa shape index (κ1) is 13.3. The quantitative estimate of drug-likeness (QED) is 0.551. The molecule has 5 heteroatoms. The summed E-state index contributed by atoms with van der Waals surface area (Å²) in [7, 11) is 0. The van der Waals surface area contributed by atoms with Gasteiger partial charge in [-0.3, -0.25) is 4.90 Å². The van der Waals surface area contributed by atoms with Gasteiger partial charge in [-0.25, -0.2) is 0 Å². The number of benzene rings is 1. The van der Waals surface area contributed by atoms with Gasteiger partial charge in [-0.2, -0.15) is 0 Å². The fourth-order valence-corrected chi connectivity index (χ4v) is 3.35. The summed E-state index contributed by atoms with van der Waals surface area (Å²) in [4.78, 5) is 12.3. The number of aliphatic hydroxyl groups is 2. The molecule has 2 heterocycles. The molecule has 1 fully saturated rings. The zero-order valence-corrected chi connectivity index (χ0v) is 11.1. The molecule has 0 bridgehead atoms. The van der Waals surface area contributed by atoms with Crippen molar-refractivity contribution in [1.29, 1.82) is 0 Å². The number of nitrogen functional groups attached to an aromatic ring is 1. The minimum absolute atomic E-state index is 0.215. The highest BCUT2D eigenvalue weighted by molar-refractivity contribution is 5.74. The number of carbonyl (C=O) groups excluding carboxylic acids is 1. The van der Waals surface area contributed by atoms with Crippen molar-refractivity contribution in [2.24, 2.45) is 0 Å². The van der Waals surface area contributed by atoms with Crippen molar-refractivity contribution in [3.8, 4) is 0 Å². The Labute approximate surface area is 117 Å². The van der Waals surface area contributed by atoms with Crippen LogP contribution < -0.4 is 5.73 Å². The standard InChI is InChI=1S/C15H18N2O3/c1-9-8-17-13(3-2-6-18)14(19)15(17,20)12-5-4-10(16)7-11(9)12/h4-7,13-14,19-20H,1-3,8,16H2. The average molecular weight is 274 g/mol. The molecule has 2 aliphatic rings. The Morgan fingerprint density at radius 2 is 2.30 bits per heavy atom. The van der Waals surface area contributed by atoms with E-state index in [1.807, 2.05) is 4.90 Å². The van der Waals surface area contributed by atoms with Gasteiger partial charge in [0.25, 0.3) is 0 Å². The van der Waals surface area contributed by atoms with Gasteiger partial charge in [-0.1, -0.05) is 12.6 Å². The monoisotopic (exact) mass is 274 g/mol. The average Bonchev–Trinajstić information content (AvgIpc) is 2.44. The van der Waals surface area contributed by atoms with E-state index in [1.54, 1.807) is 18.2 Å². The van der Waals surface area contributed by atoms with Crippen LogP contribution in [0.5, 0.6) is 0 Å². The van der Waals surface area contributed by atoms with Crippen LogP contribution in [0, 0.1) is 0 Å². The smallest absolute Gasteiger partial charge is 0.173 e. The molecule has 3 atom stereocenters. The number of nitrogens with zero attached hydrogens (tertiary/aromatic N) is 1. The summed E-state index contributed by atoms with van der Waals surface area (Å²) in [6, 6.07) is 5.01. The molecule has 0 spiro atoms. The number of rotatable bonds is 3. The van der Waals surface area contributed by atoms with Gasteiger partial charge in [0.2, 0.25) is 0 Å². The first-order valence-electron chi connectivity index (χ1n) is 6.69. The molecule has 0 radical (unpaired) electrons. The van der Waals surface area contributed by atoms with E-state index in [1.165, 1.54) is 0 Å². The lowest BCUT2D eigenvalue weighted by Crippen LogP contribution is -2.75. The van der Waals surface area contributed by atoms with Crippen LogP contribution in [0.15, 0.2) is 24.8 Å². The molecule has 106 valence electrons. The number of anilines is 1. The van der Waals surface area contributed by atoms with Crippen LogP contribution in [-0.4, -0.2) is 40.1 Å². The minimum Gasteiger partial charge on any atom is -0.399 e. The Morgan fingerprint density at radius 3 is 3.00 bits per heavy atom. The number of nitrogens with two attached hydrogens (primary N) is 1. The molecule has 20 heavy (non-hydrogen) atoms. The number of aldehydes is 1. The maximum atomic E-state index is 10.8. The third-order valence-electron chi connectivity index (χ3n) is 4.38. The first-order valence-corrected chi connectivity index (χ1v) is 6.69. The summed E-state index contributed by atoms with van der Waals surface area (Å²) in [5.41, 5.74) is 7.29.